The van der Waals surface area contributed by atoms with Gasteiger partial charge in [-0.15, -0.1) is 0 Å². The Kier molecular flexibility index (Phi) is 5.21. The molecule has 140 valence electrons. The van der Waals surface area contributed by atoms with E-state index in [2.05, 4.69) is 4.98 Å². The first-order valence-electron chi connectivity index (χ1n) is 8.48. The standard InChI is InChI=1S/C16H24N2O5S2/c1-2-8-25(21,22)18-12-16(13-18)14(6-9-24(16,19)20)10-23-11-15-5-3-4-7-17-15/h3-5,7,14H,2,6,8-13H2,1H3. The maximum Gasteiger partial charge on any atom is 0.214 e. The van der Waals surface area contributed by atoms with Crippen LogP contribution in [0.4, 0.5) is 0 Å². The summed E-state index contributed by atoms with van der Waals surface area (Å²) in [5, 5.41) is 0. The van der Waals surface area contributed by atoms with E-state index in [1.54, 1.807) is 13.1 Å². The van der Waals surface area contributed by atoms with Gasteiger partial charge in [0.25, 0.3) is 0 Å². The molecule has 0 N–H and O–H groups in total. The van der Waals surface area contributed by atoms with Crippen molar-refractivity contribution < 1.29 is 21.6 Å². The van der Waals surface area contributed by atoms with Gasteiger partial charge in [0.2, 0.25) is 10.0 Å². The molecule has 1 aromatic rings. The van der Waals surface area contributed by atoms with Crippen LogP contribution in [0, 0.1) is 5.92 Å². The quantitative estimate of drug-likeness (QED) is 0.687. The van der Waals surface area contributed by atoms with Crippen LogP contribution in [0.15, 0.2) is 24.4 Å². The predicted octanol–water partition coefficient (Wildman–Crippen LogP) is 0.827. The highest BCUT2D eigenvalue weighted by Crippen LogP contribution is 2.45. The van der Waals surface area contributed by atoms with Crippen LogP contribution >= 0.6 is 0 Å². The normalized spacial score (nSPS) is 25.1. The van der Waals surface area contributed by atoms with Crippen LogP contribution in [-0.2, 0) is 31.2 Å². The third-order valence-corrected chi connectivity index (χ3v) is 9.71. The summed E-state index contributed by atoms with van der Waals surface area (Å²) in [6.45, 7) is 2.56. The Labute approximate surface area is 149 Å². The van der Waals surface area contributed by atoms with Crippen LogP contribution in [0.5, 0.6) is 0 Å². The van der Waals surface area contributed by atoms with Gasteiger partial charge in [0, 0.05) is 25.2 Å². The Morgan fingerprint density at radius 2 is 2.12 bits per heavy atom. The summed E-state index contributed by atoms with van der Waals surface area (Å²) in [4.78, 5) is 4.18. The Bertz CT molecular complexity index is 802. The van der Waals surface area contributed by atoms with Gasteiger partial charge in [-0.05, 0) is 25.0 Å². The van der Waals surface area contributed by atoms with Crippen LogP contribution in [-0.4, -0.2) is 62.1 Å². The molecule has 25 heavy (non-hydrogen) atoms. The minimum atomic E-state index is -3.36. The number of aromatic nitrogens is 1. The lowest BCUT2D eigenvalue weighted by Crippen LogP contribution is -2.68. The molecular weight excluding hydrogens is 364 g/mol. The molecule has 7 nitrogen and oxygen atoms in total. The second-order valence-electron chi connectivity index (χ2n) is 6.79. The number of sulfone groups is 1. The second kappa shape index (κ2) is 6.94. The summed E-state index contributed by atoms with van der Waals surface area (Å²) in [5.74, 6) is -0.00901. The van der Waals surface area contributed by atoms with E-state index in [-0.39, 0.29) is 30.5 Å². The lowest BCUT2D eigenvalue weighted by atomic mass is 9.85. The Balaban J connectivity index is 1.65. The van der Waals surface area contributed by atoms with E-state index in [1.165, 1.54) is 4.31 Å². The summed E-state index contributed by atoms with van der Waals surface area (Å²) in [5.41, 5.74) is 0.790. The minimum absolute atomic E-state index is 0.0595. The molecule has 3 heterocycles. The van der Waals surface area contributed by atoms with Crippen molar-refractivity contribution >= 4 is 19.9 Å². The molecule has 1 spiro atoms. The molecule has 2 saturated heterocycles. The first kappa shape index (κ1) is 18.8. The van der Waals surface area contributed by atoms with Crippen LogP contribution < -0.4 is 0 Å². The van der Waals surface area contributed by atoms with Crippen LogP contribution in [0.3, 0.4) is 0 Å². The number of ether oxygens (including phenoxy) is 1. The summed E-state index contributed by atoms with van der Waals surface area (Å²) in [6.07, 6.45) is 2.73. The van der Waals surface area contributed by atoms with Gasteiger partial charge in [-0.3, -0.25) is 4.98 Å². The van der Waals surface area contributed by atoms with Crippen molar-refractivity contribution in [3.63, 3.8) is 0 Å². The molecule has 0 aliphatic carbocycles. The average molecular weight is 389 g/mol. The maximum atomic E-state index is 12.6. The molecule has 0 bridgehead atoms. The van der Waals surface area contributed by atoms with Crippen molar-refractivity contribution in [2.45, 2.75) is 31.1 Å². The molecule has 1 aromatic heterocycles. The highest BCUT2D eigenvalue weighted by molar-refractivity contribution is 7.93. The highest BCUT2D eigenvalue weighted by atomic mass is 32.2. The second-order valence-corrected chi connectivity index (χ2v) is 11.3. The lowest BCUT2D eigenvalue weighted by Gasteiger charge is -2.48. The molecule has 0 aromatic carbocycles. The SMILES string of the molecule is CCCS(=O)(=O)N1CC2(C1)C(COCc1ccccn1)CCS2(=O)=O. The Morgan fingerprint density at radius 1 is 1.36 bits per heavy atom. The van der Waals surface area contributed by atoms with Gasteiger partial charge in [0.05, 0.1) is 30.4 Å². The average Bonchev–Trinajstić information content (AvgIpc) is 2.78. The van der Waals surface area contributed by atoms with Crippen molar-refractivity contribution in [1.82, 2.24) is 9.29 Å². The molecule has 2 fully saturated rings. The zero-order valence-electron chi connectivity index (χ0n) is 14.3. The summed E-state index contributed by atoms with van der Waals surface area (Å²) >= 11 is 0. The summed E-state index contributed by atoms with van der Waals surface area (Å²) in [6, 6.07) is 5.54. The van der Waals surface area contributed by atoms with Crippen molar-refractivity contribution in [2.75, 3.05) is 31.2 Å². The van der Waals surface area contributed by atoms with E-state index in [4.69, 9.17) is 4.74 Å². The van der Waals surface area contributed by atoms with E-state index in [0.717, 1.165) is 5.69 Å². The smallest absolute Gasteiger partial charge is 0.214 e. The van der Waals surface area contributed by atoms with Crippen LogP contribution in [0.1, 0.15) is 25.5 Å². The molecular formula is C16H24N2O5S2. The fraction of sp³-hybridized carbons (Fsp3) is 0.688. The number of pyridine rings is 1. The van der Waals surface area contributed by atoms with Gasteiger partial charge >= 0.3 is 0 Å². The number of nitrogens with zero attached hydrogens (tertiary/aromatic N) is 2. The molecule has 1 unspecified atom stereocenters. The van der Waals surface area contributed by atoms with E-state index in [1.807, 2.05) is 18.2 Å². The molecule has 3 rings (SSSR count). The number of rotatable bonds is 7. The largest absolute Gasteiger partial charge is 0.375 e. The summed E-state index contributed by atoms with van der Waals surface area (Å²) < 4.78 is 55.5. The molecule has 0 radical (unpaired) electrons. The van der Waals surface area contributed by atoms with Gasteiger partial charge in [-0.1, -0.05) is 13.0 Å². The van der Waals surface area contributed by atoms with E-state index >= 15 is 0 Å². The lowest BCUT2D eigenvalue weighted by molar-refractivity contribution is 0.0472. The van der Waals surface area contributed by atoms with E-state index in [9.17, 15) is 16.8 Å². The number of hydrogen-bond donors (Lipinski definition) is 0. The van der Waals surface area contributed by atoms with Crippen LogP contribution in [0.25, 0.3) is 0 Å². The fourth-order valence-corrected chi connectivity index (χ4v) is 7.82. The van der Waals surface area contributed by atoms with Crippen molar-refractivity contribution in [1.29, 1.82) is 0 Å². The van der Waals surface area contributed by atoms with Gasteiger partial charge in [0.15, 0.2) is 9.84 Å². The van der Waals surface area contributed by atoms with Gasteiger partial charge in [-0.2, -0.15) is 4.31 Å². The van der Waals surface area contributed by atoms with Gasteiger partial charge < -0.3 is 4.74 Å². The zero-order chi connectivity index (χ0) is 18.1. The van der Waals surface area contributed by atoms with Crippen LogP contribution in [0.2, 0.25) is 0 Å². The Morgan fingerprint density at radius 3 is 2.76 bits per heavy atom. The highest BCUT2D eigenvalue weighted by Gasteiger charge is 2.63. The first-order chi connectivity index (χ1) is 11.8. The Hall–Kier alpha value is -1.03. The van der Waals surface area contributed by atoms with Gasteiger partial charge in [-0.25, -0.2) is 16.8 Å². The fourth-order valence-electron chi connectivity index (χ4n) is 3.63. The van der Waals surface area contributed by atoms with Crippen molar-refractivity contribution in [3.8, 4) is 0 Å². The van der Waals surface area contributed by atoms with E-state index < -0.39 is 24.6 Å². The van der Waals surface area contributed by atoms with E-state index in [0.29, 0.717) is 26.1 Å². The number of sulfonamides is 1. The third-order valence-electron chi connectivity index (χ3n) is 5.14. The molecule has 2 aliphatic rings. The van der Waals surface area contributed by atoms with Crippen molar-refractivity contribution in [2.24, 2.45) is 5.92 Å². The minimum Gasteiger partial charge on any atom is -0.375 e. The summed E-state index contributed by atoms with van der Waals surface area (Å²) in [7, 11) is -6.66. The molecule has 0 amide bonds. The van der Waals surface area contributed by atoms with Crippen molar-refractivity contribution in [3.05, 3.63) is 30.1 Å². The monoisotopic (exact) mass is 388 g/mol. The third kappa shape index (κ3) is 3.47. The maximum absolute atomic E-state index is 12.6. The topological polar surface area (TPSA) is 93.6 Å². The van der Waals surface area contributed by atoms with Gasteiger partial charge in [0.1, 0.15) is 4.75 Å². The molecule has 2 aliphatic heterocycles. The predicted molar refractivity (Wildman–Crippen MR) is 94.2 cm³/mol. The first-order valence-corrected chi connectivity index (χ1v) is 11.7. The number of hydrogen-bond acceptors (Lipinski definition) is 6. The zero-order valence-corrected chi connectivity index (χ0v) is 15.9. The molecule has 1 atom stereocenters. The molecule has 9 heteroatoms. The molecule has 0 saturated carbocycles.